The molecule has 108 valence electrons. The van der Waals surface area contributed by atoms with Crippen LogP contribution < -0.4 is 0 Å². The molecule has 0 radical (unpaired) electrons. The highest BCUT2D eigenvalue weighted by atomic mass is 32.1. The molecule has 2 aromatic rings. The van der Waals surface area contributed by atoms with Gasteiger partial charge in [0.15, 0.2) is 0 Å². The Hall–Kier alpha value is -1.65. The summed E-state index contributed by atoms with van der Waals surface area (Å²) in [7, 11) is 0. The van der Waals surface area contributed by atoms with Crippen LogP contribution in [-0.2, 0) is 20.7 Å². The Bertz CT molecular complexity index is 623. The van der Waals surface area contributed by atoms with E-state index in [-0.39, 0.29) is 30.2 Å². The van der Waals surface area contributed by atoms with Gasteiger partial charge in [-0.2, -0.15) is 0 Å². The summed E-state index contributed by atoms with van der Waals surface area (Å²) >= 11 is 1.71. The third kappa shape index (κ3) is 2.39. The molecular formula is C17H16O3S. The molecule has 1 aromatic carbocycles. The molecular weight excluding hydrogens is 284 g/mol. The van der Waals surface area contributed by atoms with Gasteiger partial charge in [-0.25, -0.2) is 0 Å². The first-order valence-corrected chi connectivity index (χ1v) is 8.11. The predicted molar refractivity (Wildman–Crippen MR) is 80.4 cm³/mol. The molecule has 3 heterocycles. The van der Waals surface area contributed by atoms with Gasteiger partial charge in [0.2, 0.25) is 0 Å². The van der Waals surface area contributed by atoms with Crippen LogP contribution in [0.1, 0.15) is 22.8 Å². The molecule has 4 heteroatoms. The predicted octanol–water partition coefficient (Wildman–Crippen LogP) is 3.16. The van der Waals surface area contributed by atoms with E-state index in [2.05, 4.69) is 23.6 Å². The minimum absolute atomic E-state index is 0.0779. The second-order valence-electron chi connectivity index (χ2n) is 5.60. The number of carbonyl (C=O) groups is 1. The van der Waals surface area contributed by atoms with Gasteiger partial charge >= 0.3 is 5.97 Å². The minimum Gasteiger partial charge on any atom is -0.459 e. The van der Waals surface area contributed by atoms with Gasteiger partial charge in [-0.05, 0) is 23.4 Å². The first kappa shape index (κ1) is 13.0. The number of fused-ring (bicyclic) bond motifs is 1. The summed E-state index contributed by atoms with van der Waals surface area (Å²) in [6, 6.07) is 14.5. The van der Waals surface area contributed by atoms with Crippen molar-refractivity contribution in [3.05, 3.63) is 58.3 Å². The van der Waals surface area contributed by atoms with Crippen molar-refractivity contribution in [1.29, 1.82) is 0 Å². The zero-order valence-electron chi connectivity index (χ0n) is 11.5. The summed E-state index contributed by atoms with van der Waals surface area (Å²) in [5.41, 5.74) is 1.26. The van der Waals surface area contributed by atoms with Crippen LogP contribution in [0, 0.1) is 0 Å². The van der Waals surface area contributed by atoms with Crippen molar-refractivity contribution >= 4 is 17.3 Å². The van der Waals surface area contributed by atoms with E-state index >= 15 is 0 Å². The maximum absolute atomic E-state index is 11.5. The first-order chi connectivity index (χ1) is 10.3. The van der Waals surface area contributed by atoms with Crippen molar-refractivity contribution in [2.75, 3.05) is 0 Å². The van der Waals surface area contributed by atoms with Crippen molar-refractivity contribution in [1.82, 2.24) is 0 Å². The fraction of sp³-hybridized carbons (Fsp3) is 0.353. The molecule has 4 rings (SSSR count). The number of benzene rings is 1. The van der Waals surface area contributed by atoms with Gasteiger partial charge < -0.3 is 9.47 Å². The van der Waals surface area contributed by atoms with Crippen molar-refractivity contribution in [2.24, 2.45) is 0 Å². The average molecular weight is 300 g/mol. The molecule has 2 aliphatic rings. The van der Waals surface area contributed by atoms with E-state index in [9.17, 15) is 4.79 Å². The Kier molecular flexibility index (Phi) is 3.28. The number of hydrogen-bond acceptors (Lipinski definition) is 4. The van der Waals surface area contributed by atoms with Crippen LogP contribution in [-0.4, -0.2) is 24.3 Å². The highest BCUT2D eigenvalue weighted by Gasteiger charge is 2.52. The van der Waals surface area contributed by atoms with Gasteiger partial charge in [0, 0.05) is 4.88 Å². The lowest BCUT2D eigenvalue weighted by molar-refractivity contribution is -0.142. The highest BCUT2D eigenvalue weighted by Crippen LogP contribution is 2.44. The zero-order chi connectivity index (χ0) is 14.2. The molecule has 1 aromatic heterocycles. The number of rotatable bonds is 3. The van der Waals surface area contributed by atoms with Gasteiger partial charge in [0.25, 0.3) is 0 Å². The van der Waals surface area contributed by atoms with Crippen LogP contribution in [0.25, 0.3) is 0 Å². The monoisotopic (exact) mass is 300 g/mol. The Morgan fingerprint density at radius 1 is 1.14 bits per heavy atom. The number of thiophene rings is 1. The minimum atomic E-state index is -0.135. The molecule has 2 aliphatic heterocycles. The summed E-state index contributed by atoms with van der Waals surface area (Å²) in [5.74, 6) is 0.0198. The van der Waals surface area contributed by atoms with Crippen LogP contribution in [0.3, 0.4) is 0 Å². The van der Waals surface area contributed by atoms with E-state index in [1.165, 1.54) is 10.4 Å². The van der Waals surface area contributed by atoms with Crippen LogP contribution in [0.15, 0.2) is 47.8 Å². The summed E-state index contributed by atoms with van der Waals surface area (Å²) in [5, 5.41) is 2.07. The quantitative estimate of drug-likeness (QED) is 0.817. The fourth-order valence-corrected chi connectivity index (χ4v) is 4.27. The molecule has 0 bridgehead atoms. The van der Waals surface area contributed by atoms with Gasteiger partial charge in [-0.3, -0.25) is 4.79 Å². The van der Waals surface area contributed by atoms with Crippen molar-refractivity contribution in [3.8, 4) is 0 Å². The van der Waals surface area contributed by atoms with E-state index in [4.69, 9.17) is 9.47 Å². The van der Waals surface area contributed by atoms with Crippen molar-refractivity contribution in [3.63, 3.8) is 0 Å². The standard InChI is InChI=1S/C17H16O3S/c18-15-10-13-17(20-15)16(14-7-4-8-21-14)12(19-13)9-11-5-2-1-3-6-11/h1-8,12-13,16-17H,9-10H2/t12?,13-,16-,17+/m1/s1. The van der Waals surface area contributed by atoms with Crippen molar-refractivity contribution in [2.45, 2.75) is 37.1 Å². The summed E-state index contributed by atoms with van der Waals surface area (Å²) in [6.07, 6.45) is 1.11. The summed E-state index contributed by atoms with van der Waals surface area (Å²) in [6.45, 7) is 0. The van der Waals surface area contributed by atoms with Gasteiger partial charge in [-0.1, -0.05) is 36.4 Å². The van der Waals surface area contributed by atoms with Crippen molar-refractivity contribution < 1.29 is 14.3 Å². The van der Waals surface area contributed by atoms with E-state index in [1.54, 1.807) is 11.3 Å². The first-order valence-electron chi connectivity index (χ1n) is 7.23. The highest BCUT2D eigenvalue weighted by molar-refractivity contribution is 7.10. The van der Waals surface area contributed by atoms with Gasteiger partial charge in [-0.15, -0.1) is 11.3 Å². The lowest BCUT2D eigenvalue weighted by Gasteiger charge is -2.21. The second-order valence-corrected chi connectivity index (χ2v) is 6.58. The van der Waals surface area contributed by atoms with E-state index in [0.717, 1.165) is 6.42 Å². The van der Waals surface area contributed by atoms with E-state index in [0.29, 0.717) is 6.42 Å². The molecule has 1 unspecified atom stereocenters. The number of hydrogen-bond donors (Lipinski definition) is 0. The Labute approximate surface area is 127 Å². The Morgan fingerprint density at radius 3 is 2.76 bits per heavy atom. The lowest BCUT2D eigenvalue weighted by Crippen LogP contribution is -2.25. The third-order valence-electron chi connectivity index (χ3n) is 4.26. The molecule has 2 fully saturated rings. The van der Waals surface area contributed by atoms with Gasteiger partial charge in [0.05, 0.1) is 18.4 Å². The Balaban J connectivity index is 1.62. The zero-order valence-corrected chi connectivity index (χ0v) is 12.3. The maximum atomic E-state index is 11.5. The third-order valence-corrected chi connectivity index (χ3v) is 5.23. The van der Waals surface area contributed by atoms with Crippen LogP contribution in [0.5, 0.6) is 0 Å². The molecule has 0 spiro atoms. The normalized spacial score (nSPS) is 31.1. The molecule has 0 amide bonds. The SMILES string of the molecule is O=C1C[C@H]2OC(Cc3ccccc3)[C@H](c3cccs3)[C@H]2O1. The van der Waals surface area contributed by atoms with Gasteiger partial charge in [0.1, 0.15) is 12.2 Å². The Morgan fingerprint density at radius 2 is 2.00 bits per heavy atom. The van der Waals surface area contributed by atoms with E-state index < -0.39 is 0 Å². The second kappa shape index (κ2) is 5.28. The maximum Gasteiger partial charge on any atom is 0.308 e. The molecule has 0 aliphatic carbocycles. The lowest BCUT2D eigenvalue weighted by atomic mass is 9.91. The smallest absolute Gasteiger partial charge is 0.308 e. The van der Waals surface area contributed by atoms with Crippen LogP contribution in [0.4, 0.5) is 0 Å². The molecule has 0 N–H and O–H groups in total. The molecule has 3 nitrogen and oxygen atoms in total. The summed E-state index contributed by atoms with van der Waals surface area (Å²) < 4.78 is 11.7. The van der Waals surface area contributed by atoms with Crippen LogP contribution in [0.2, 0.25) is 0 Å². The number of carbonyl (C=O) groups excluding carboxylic acids is 1. The van der Waals surface area contributed by atoms with Crippen LogP contribution >= 0.6 is 11.3 Å². The number of ether oxygens (including phenoxy) is 2. The van der Waals surface area contributed by atoms with E-state index in [1.807, 2.05) is 24.3 Å². The molecule has 21 heavy (non-hydrogen) atoms. The fourth-order valence-electron chi connectivity index (χ4n) is 3.35. The largest absolute Gasteiger partial charge is 0.459 e. The number of esters is 1. The molecule has 0 saturated carbocycles. The summed E-state index contributed by atoms with van der Waals surface area (Å²) in [4.78, 5) is 12.8. The average Bonchev–Trinajstić information content (AvgIpc) is 3.16. The molecule has 2 saturated heterocycles. The molecule has 4 atom stereocenters. The topological polar surface area (TPSA) is 35.5 Å².